The van der Waals surface area contributed by atoms with E-state index in [1.807, 2.05) is 71.6 Å². The molecule has 0 bridgehead atoms. The molecule has 0 radical (unpaired) electrons. The number of aliphatic hydroxyl groups is 1. The second kappa shape index (κ2) is 7.95. The summed E-state index contributed by atoms with van der Waals surface area (Å²) in [6, 6.07) is 15.5. The first-order chi connectivity index (χ1) is 12.1. The molecule has 1 amide bonds. The van der Waals surface area contributed by atoms with Crippen LogP contribution in [0.5, 0.6) is 0 Å². The molecule has 2 aromatic heterocycles. The predicted molar refractivity (Wildman–Crippen MR) is 104 cm³/mol. The van der Waals surface area contributed by atoms with Gasteiger partial charge in [-0.2, -0.15) is 11.3 Å². The van der Waals surface area contributed by atoms with Crippen LogP contribution in [0.25, 0.3) is 0 Å². The number of hydrogen-bond donors (Lipinski definition) is 2. The molecule has 0 aliphatic heterocycles. The number of carbonyl (C=O) groups is 1. The molecule has 0 spiro atoms. The van der Waals surface area contributed by atoms with Crippen LogP contribution in [-0.4, -0.2) is 17.6 Å². The number of rotatable bonds is 7. The summed E-state index contributed by atoms with van der Waals surface area (Å²) >= 11 is 3.03. The van der Waals surface area contributed by atoms with Crippen LogP contribution in [0.3, 0.4) is 0 Å². The minimum atomic E-state index is -1.20. The van der Waals surface area contributed by atoms with E-state index >= 15 is 0 Å². The van der Waals surface area contributed by atoms with Crippen LogP contribution in [0.4, 0.5) is 0 Å². The SMILES string of the molecule is CC[C@@H](C(=O)NC[C@@](O)(c1ccsc1)c1cccs1)c1ccccc1. The van der Waals surface area contributed by atoms with E-state index in [-0.39, 0.29) is 18.4 Å². The van der Waals surface area contributed by atoms with Gasteiger partial charge in [-0.25, -0.2) is 0 Å². The minimum absolute atomic E-state index is 0.0566. The molecule has 2 atom stereocenters. The first kappa shape index (κ1) is 17.9. The predicted octanol–water partition coefficient (Wildman–Crippen LogP) is 4.36. The molecular formula is C20H21NO2S2. The van der Waals surface area contributed by atoms with Crippen molar-refractivity contribution in [2.45, 2.75) is 24.9 Å². The molecule has 0 unspecified atom stereocenters. The van der Waals surface area contributed by atoms with Gasteiger partial charge in [-0.15, -0.1) is 11.3 Å². The molecule has 3 rings (SSSR count). The molecule has 0 saturated carbocycles. The monoisotopic (exact) mass is 371 g/mol. The van der Waals surface area contributed by atoms with Crippen LogP contribution in [0, 0.1) is 0 Å². The maximum absolute atomic E-state index is 12.7. The Hall–Kier alpha value is -1.95. The van der Waals surface area contributed by atoms with Gasteiger partial charge in [0.05, 0.1) is 12.5 Å². The Balaban J connectivity index is 1.79. The molecule has 3 aromatic rings. The quantitative estimate of drug-likeness (QED) is 0.648. The summed E-state index contributed by atoms with van der Waals surface area (Å²) in [4.78, 5) is 13.6. The summed E-state index contributed by atoms with van der Waals surface area (Å²) in [7, 11) is 0. The van der Waals surface area contributed by atoms with Crippen LogP contribution < -0.4 is 5.32 Å². The molecule has 0 aliphatic carbocycles. The second-order valence-electron chi connectivity index (χ2n) is 5.94. The van der Waals surface area contributed by atoms with Crippen LogP contribution in [0.15, 0.2) is 64.7 Å². The average Bonchev–Trinajstić information content (AvgIpc) is 3.35. The van der Waals surface area contributed by atoms with E-state index in [4.69, 9.17) is 0 Å². The van der Waals surface area contributed by atoms with Gasteiger partial charge in [-0.1, -0.05) is 43.3 Å². The standard InChI is InChI=1S/C20H21NO2S2/c1-2-17(15-7-4-3-5-8-15)19(22)21-14-20(23,16-10-12-24-13-16)18-9-6-11-25-18/h3-13,17,23H,2,14H2,1H3,(H,21,22)/t17-,20-/m1/s1. The zero-order valence-corrected chi connectivity index (χ0v) is 15.6. The number of amides is 1. The van der Waals surface area contributed by atoms with Crippen LogP contribution in [0.1, 0.15) is 35.3 Å². The molecule has 0 saturated heterocycles. The summed E-state index contributed by atoms with van der Waals surface area (Å²) < 4.78 is 0. The second-order valence-corrected chi connectivity index (χ2v) is 7.67. The Kier molecular flexibility index (Phi) is 5.68. The fourth-order valence-corrected chi connectivity index (χ4v) is 4.51. The van der Waals surface area contributed by atoms with Crippen molar-refractivity contribution in [1.29, 1.82) is 0 Å². The zero-order valence-electron chi connectivity index (χ0n) is 14.0. The third-order valence-corrected chi connectivity index (χ3v) is 6.08. The largest absolute Gasteiger partial charge is 0.378 e. The minimum Gasteiger partial charge on any atom is -0.378 e. The van der Waals surface area contributed by atoms with Crippen molar-refractivity contribution in [3.05, 3.63) is 80.7 Å². The summed E-state index contributed by atoms with van der Waals surface area (Å²) in [5.41, 5.74) is 0.615. The van der Waals surface area contributed by atoms with Crippen molar-refractivity contribution < 1.29 is 9.90 Å². The third-order valence-electron chi connectivity index (χ3n) is 4.37. The smallest absolute Gasteiger partial charge is 0.227 e. The Bertz CT molecular complexity index is 748. The lowest BCUT2D eigenvalue weighted by Crippen LogP contribution is -2.42. The third kappa shape index (κ3) is 3.84. The van der Waals surface area contributed by atoms with Gasteiger partial charge in [0.15, 0.2) is 0 Å². The molecule has 130 valence electrons. The summed E-state index contributed by atoms with van der Waals surface area (Å²) in [6.45, 7) is 2.16. The molecular weight excluding hydrogens is 350 g/mol. The average molecular weight is 372 g/mol. The normalized spacial score (nSPS) is 14.6. The summed E-state index contributed by atoms with van der Waals surface area (Å²) in [5, 5.41) is 20.1. The van der Waals surface area contributed by atoms with Gasteiger partial charge < -0.3 is 10.4 Å². The number of benzene rings is 1. The first-order valence-electron chi connectivity index (χ1n) is 8.27. The van der Waals surface area contributed by atoms with E-state index in [0.29, 0.717) is 6.42 Å². The highest BCUT2D eigenvalue weighted by atomic mass is 32.1. The summed E-state index contributed by atoms with van der Waals surface area (Å²) in [6.07, 6.45) is 0.714. The van der Waals surface area contributed by atoms with Gasteiger partial charge >= 0.3 is 0 Å². The maximum Gasteiger partial charge on any atom is 0.227 e. The van der Waals surface area contributed by atoms with Crippen molar-refractivity contribution in [1.82, 2.24) is 5.32 Å². The summed E-state index contributed by atoms with van der Waals surface area (Å²) in [5.74, 6) is -0.268. The zero-order chi connectivity index (χ0) is 17.7. The molecule has 0 aliphatic rings. The molecule has 25 heavy (non-hydrogen) atoms. The molecule has 3 nitrogen and oxygen atoms in total. The van der Waals surface area contributed by atoms with Crippen molar-refractivity contribution >= 4 is 28.6 Å². The van der Waals surface area contributed by atoms with Gasteiger partial charge in [0, 0.05) is 10.4 Å². The number of thiophene rings is 2. The van der Waals surface area contributed by atoms with Crippen molar-refractivity contribution in [3.63, 3.8) is 0 Å². The number of nitrogens with one attached hydrogen (secondary N) is 1. The highest BCUT2D eigenvalue weighted by Crippen LogP contribution is 2.33. The Morgan fingerprint density at radius 1 is 1.16 bits per heavy atom. The van der Waals surface area contributed by atoms with Crippen molar-refractivity contribution in [3.8, 4) is 0 Å². The van der Waals surface area contributed by atoms with Gasteiger partial charge in [0.1, 0.15) is 5.60 Å². The van der Waals surface area contributed by atoms with Gasteiger partial charge in [0.2, 0.25) is 5.91 Å². The highest BCUT2D eigenvalue weighted by molar-refractivity contribution is 7.10. The molecule has 5 heteroatoms. The molecule has 1 aromatic carbocycles. The van der Waals surface area contributed by atoms with Crippen LogP contribution in [0.2, 0.25) is 0 Å². The van der Waals surface area contributed by atoms with E-state index in [1.165, 1.54) is 22.7 Å². The Labute approximate surface area is 156 Å². The lowest BCUT2D eigenvalue weighted by molar-refractivity contribution is -0.123. The number of hydrogen-bond acceptors (Lipinski definition) is 4. The first-order valence-corrected chi connectivity index (χ1v) is 10.1. The molecule has 2 heterocycles. The lowest BCUT2D eigenvalue weighted by atomic mass is 9.92. The van der Waals surface area contributed by atoms with E-state index < -0.39 is 5.60 Å². The fraction of sp³-hybridized carbons (Fsp3) is 0.250. The van der Waals surface area contributed by atoms with Gasteiger partial charge in [-0.3, -0.25) is 4.79 Å². The van der Waals surface area contributed by atoms with Crippen molar-refractivity contribution in [2.24, 2.45) is 0 Å². The van der Waals surface area contributed by atoms with Gasteiger partial charge in [0.25, 0.3) is 0 Å². The van der Waals surface area contributed by atoms with E-state index in [2.05, 4.69) is 5.32 Å². The van der Waals surface area contributed by atoms with E-state index in [1.54, 1.807) is 0 Å². The van der Waals surface area contributed by atoms with Crippen LogP contribution in [-0.2, 0) is 10.4 Å². The van der Waals surface area contributed by atoms with E-state index in [9.17, 15) is 9.90 Å². The highest BCUT2D eigenvalue weighted by Gasteiger charge is 2.34. The maximum atomic E-state index is 12.7. The molecule has 2 N–H and O–H groups in total. The van der Waals surface area contributed by atoms with E-state index in [0.717, 1.165) is 16.0 Å². The van der Waals surface area contributed by atoms with Crippen molar-refractivity contribution in [2.75, 3.05) is 6.54 Å². The lowest BCUT2D eigenvalue weighted by Gasteiger charge is -2.28. The number of carbonyl (C=O) groups excluding carboxylic acids is 1. The van der Waals surface area contributed by atoms with Crippen LogP contribution >= 0.6 is 22.7 Å². The molecule has 0 fully saturated rings. The Morgan fingerprint density at radius 3 is 2.56 bits per heavy atom. The topological polar surface area (TPSA) is 49.3 Å². The van der Waals surface area contributed by atoms with Gasteiger partial charge in [-0.05, 0) is 40.3 Å². The fourth-order valence-electron chi connectivity index (χ4n) is 2.94. The Morgan fingerprint density at radius 2 is 1.96 bits per heavy atom.